The Morgan fingerprint density at radius 3 is 2.28 bits per heavy atom. The highest BCUT2D eigenvalue weighted by Crippen LogP contribution is 2.19. The Labute approximate surface area is 148 Å². The number of para-hydroxylation sites is 1. The number of nitrogens with zero attached hydrogens (tertiary/aromatic N) is 1. The Bertz CT molecular complexity index is 737. The van der Waals surface area contributed by atoms with Crippen LogP contribution in [0.1, 0.15) is 34.6 Å². The van der Waals surface area contributed by atoms with Crippen LogP contribution in [0.5, 0.6) is 5.75 Å². The van der Waals surface area contributed by atoms with Gasteiger partial charge in [-0.2, -0.15) is 0 Å². The molecule has 0 unspecified atom stereocenters. The van der Waals surface area contributed by atoms with Crippen molar-refractivity contribution >= 4 is 17.5 Å². The molecule has 2 rings (SSSR count). The lowest BCUT2D eigenvalue weighted by Crippen LogP contribution is -2.24. The fraction of sp³-hybridized carbons (Fsp3) is 0.300. The molecule has 0 heterocycles. The van der Waals surface area contributed by atoms with E-state index in [1.54, 1.807) is 62.6 Å². The van der Waals surface area contributed by atoms with Crippen molar-refractivity contribution in [3.05, 3.63) is 59.7 Å². The summed E-state index contributed by atoms with van der Waals surface area (Å²) < 4.78 is 5.62. The maximum atomic E-state index is 12.5. The van der Waals surface area contributed by atoms with Crippen molar-refractivity contribution in [1.82, 2.24) is 4.90 Å². The minimum atomic E-state index is -0.269. The Morgan fingerprint density at radius 2 is 1.68 bits per heavy atom. The normalized spacial score (nSPS) is 10.4. The molecule has 5 nitrogen and oxygen atoms in total. The number of nitrogens with one attached hydrogen (secondary N) is 1. The molecule has 0 bridgehead atoms. The summed E-state index contributed by atoms with van der Waals surface area (Å²) in [6.45, 7) is 4.79. The molecule has 0 radical (unpaired) electrons. The summed E-state index contributed by atoms with van der Waals surface area (Å²) >= 11 is 0. The number of amides is 2. The number of hydrogen-bond acceptors (Lipinski definition) is 3. The minimum absolute atomic E-state index is 0.159. The van der Waals surface area contributed by atoms with Gasteiger partial charge in [0.2, 0.25) is 0 Å². The van der Waals surface area contributed by atoms with Gasteiger partial charge in [0.25, 0.3) is 11.8 Å². The van der Waals surface area contributed by atoms with Crippen molar-refractivity contribution in [2.75, 3.05) is 26.0 Å². The number of benzene rings is 2. The van der Waals surface area contributed by atoms with Crippen LogP contribution >= 0.6 is 0 Å². The van der Waals surface area contributed by atoms with Crippen LogP contribution in [-0.2, 0) is 0 Å². The molecule has 0 saturated heterocycles. The van der Waals surface area contributed by atoms with Crippen LogP contribution in [0.2, 0.25) is 0 Å². The number of rotatable bonds is 6. The van der Waals surface area contributed by atoms with Gasteiger partial charge in [0.05, 0.1) is 17.9 Å². The first kappa shape index (κ1) is 18.5. The van der Waals surface area contributed by atoms with Crippen molar-refractivity contribution < 1.29 is 14.3 Å². The average Bonchev–Trinajstić information content (AvgIpc) is 2.60. The molecule has 0 aliphatic heterocycles. The van der Waals surface area contributed by atoms with Crippen molar-refractivity contribution in [2.45, 2.75) is 13.8 Å². The molecule has 0 aliphatic rings. The van der Waals surface area contributed by atoms with Gasteiger partial charge in [0.15, 0.2) is 0 Å². The van der Waals surface area contributed by atoms with Crippen molar-refractivity contribution in [3.8, 4) is 5.75 Å². The van der Waals surface area contributed by atoms with E-state index in [-0.39, 0.29) is 11.8 Å². The molecule has 2 aromatic carbocycles. The summed E-state index contributed by atoms with van der Waals surface area (Å²) in [6.07, 6.45) is 0. The summed E-state index contributed by atoms with van der Waals surface area (Å²) in [7, 11) is 3.35. The van der Waals surface area contributed by atoms with Gasteiger partial charge >= 0.3 is 0 Å². The molecule has 0 aromatic heterocycles. The van der Waals surface area contributed by atoms with Crippen LogP contribution in [0.4, 0.5) is 5.69 Å². The van der Waals surface area contributed by atoms with Gasteiger partial charge < -0.3 is 15.0 Å². The van der Waals surface area contributed by atoms with Gasteiger partial charge in [-0.15, -0.1) is 0 Å². The molecule has 2 amide bonds. The Kier molecular flexibility index (Phi) is 6.17. The van der Waals surface area contributed by atoms with E-state index in [4.69, 9.17) is 4.74 Å². The Morgan fingerprint density at radius 1 is 1.04 bits per heavy atom. The zero-order valence-corrected chi connectivity index (χ0v) is 15.1. The summed E-state index contributed by atoms with van der Waals surface area (Å²) in [4.78, 5) is 26.2. The van der Waals surface area contributed by atoms with Gasteiger partial charge in [-0.25, -0.2) is 0 Å². The number of anilines is 1. The van der Waals surface area contributed by atoms with E-state index < -0.39 is 0 Å². The number of carbonyl (C=O) groups excluding carboxylic acids is 2. The first-order valence-electron chi connectivity index (χ1n) is 8.23. The fourth-order valence-electron chi connectivity index (χ4n) is 2.18. The predicted molar refractivity (Wildman–Crippen MR) is 99.2 cm³/mol. The summed E-state index contributed by atoms with van der Waals surface area (Å²) in [5, 5.41) is 2.81. The average molecular weight is 340 g/mol. The zero-order chi connectivity index (χ0) is 18.4. The molecule has 0 saturated carbocycles. The van der Waals surface area contributed by atoms with E-state index in [9.17, 15) is 9.59 Å². The molecule has 132 valence electrons. The quantitative estimate of drug-likeness (QED) is 0.873. The zero-order valence-electron chi connectivity index (χ0n) is 15.1. The highest BCUT2D eigenvalue weighted by molar-refractivity contribution is 6.08. The third-order valence-corrected chi connectivity index (χ3v) is 3.51. The number of hydrogen-bond donors (Lipinski definition) is 1. The smallest absolute Gasteiger partial charge is 0.255 e. The monoisotopic (exact) mass is 340 g/mol. The standard InChI is InChI=1S/C20H24N2O3/c1-14(2)13-25-16-11-9-15(10-12-16)19(23)21-18-8-6-5-7-17(18)20(24)22(3)4/h5-12,14H,13H2,1-4H3,(H,21,23). The largest absolute Gasteiger partial charge is 0.493 e. The van der Waals surface area contributed by atoms with Crippen LogP contribution in [0.3, 0.4) is 0 Å². The lowest BCUT2D eigenvalue weighted by molar-refractivity contribution is 0.0828. The van der Waals surface area contributed by atoms with Crippen LogP contribution in [0, 0.1) is 5.92 Å². The van der Waals surface area contributed by atoms with Gasteiger partial charge in [-0.1, -0.05) is 26.0 Å². The maximum absolute atomic E-state index is 12.5. The van der Waals surface area contributed by atoms with E-state index >= 15 is 0 Å². The summed E-state index contributed by atoms with van der Waals surface area (Å²) in [5.74, 6) is 0.741. The van der Waals surface area contributed by atoms with Gasteiger partial charge in [-0.3, -0.25) is 9.59 Å². The van der Waals surface area contributed by atoms with Crippen molar-refractivity contribution in [1.29, 1.82) is 0 Å². The van der Waals surface area contributed by atoms with Crippen molar-refractivity contribution in [2.24, 2.45) is 5.92 Å². The van der Waals surface area contributed by atoms with Gasteiger partial charge in [-0.05, 0) is 42.3 Å². The molecule has 5 heteroatoms. The third-order valence-electron chi connectivity index (χ3n) is 3.51. The lowest BCUT2D eigenvalue weighted by atomic mass is 10.1. The molecular formula is C20H24N2O3. The van der Waals surface area contributed by atoms with E-state index in [2.05, 4.69) is 19.2 Å². The lowest BCUT2D eigenvalue weighted by Gasteiger charge is -2.15. The molecular weight excluding hydrogens is 316 g/mol. The van der Waals surface area contributed by atoms with Crippen LogP contribution in [0.15, 0.2) is 48.5 Å². The van der Waals surface area contributed by atoms with Gasteiger partial charge in [0, 0.05) is 19.7 Å². The Balaban J connectivity index is 2.11. The third kappa shape index (κ3) is 5.08. The topological polar surface area (TPSA) is 58.6 Å². The highest BCUT2D eigenvalue weighted by Gasteiger charge is 2.15. The first-order valence-corrected chi connectivity index (χ1v) is 8.23. The van der Waals surface area contributed by atoms with Crippen LogP contribution in [-0.4, -0.2) is 37.4 Å². The van der Waals surface area contributed by atoms with E-state index in [1.807, 2.05) is 0 Å². The van der Waals surface area contributed by atoms with Gasteiger partial charge in [0.1, 0.15) is 5.75 Å². The predicted octanol–water partition coefficient (Wildman–Crippen LogP) is 3.68. The molecule has 0 aliphatic carbocycles. The second-order valence-electron chi connectivity index (χ2n) is 6.43. The molecule has 2 aromatic rings. The molecule has 0 atom stereocenters. The summed E-state index contributed by atoms with van der Waals surface area (Å²) in [6, 6.07) is 13.9. The molecule has 0 fully saturated rings. The minimum Gasteiger partial charge on any atom is -0.493 e. The second-order valence-corrected chi connectivity index (χ2v) is 6.43. The second kappa shape index (κ2) is 8.33. The van der Waals surface area contributed by atoms with E-state index in [0.717, 1.165) is 5.75 Å². The Hall–Kier alpha value is -2.82. The van der Waals surface area contributed by atoms with Crippen LogP contribution < -0.4 is 10.1 Å². The fourth-order valence-corrected chi connectivity index (χ4v) is 2.18. The molecule has 0 spiro atoms. The van der Waals surface area contributed by atoms with Crippen molar-refractivity contribution in [3.63, 3.8) is 0 Å². The summed E-state index contributed by atoms with van der Waals surface area (Å²) in [5.41, 5.74) is 1.45. The van der Waals surface area contributed by atoms with Crippen LogP contribution in [0.25, 0.3) is 0 Å². The molecule has 1 N–H and O–H groups in total. The highest BCUT2D eigenvalue weighted by atomic mass is 16.5. The number of carbonyl (C=O) groups is 2. The molecule has 25 heavy (non-hydrogen) atoms. The maximum Gasteiger partial charge on any atom is 0.255 e. The van der Waals surface area contributed by atoms with E-state index in [0.29, 0.717) is 29.3 Å². The first-order chi connectivity index (χ1) is 11.9. The van der Waals surface area contributed by atoms with E-state index in [1.165, 1.54) is 4.90 Å². The SMILES string of the molecule is CC(C)COc1ccc(C(=O)Nc2ccccc2C(=O)N(C)C)cc1. The number of ether oxygens (including phenoxy) is 1.